The molecule has 1 aromatic heterocycles. The highest BCUT2D eigenvalue weighted by Crippen LogP contribution is 2.32. The van der Waals surface area contributed by atoms with Crippen LogP contribution in [0.1, 0.15) is 51.0 Å². The van der Waals surface area contributed by atoms with Crippen molar-refractivity contribution in [3.63, 3.8) is 0 Å². The summed E-state index contributed by atoms with van der Waals surface area (Å²) >= 11 is 1.72. The van der Waals surface area contributed by atoms with E-state index in [9.17, 15) is 4.79 Å². The number of carbonyl (C=O) groups is 1. The molecular weight excluding hydrogens is 366 g/mol. The van der Waals surface area contributed by atoms with Crippen molar-refractivity contribution < 1.29 is 4.79 Å². The lowest BCUT2D eigenvalue weighted by Gasteiger charge is -2.21. The van der Waals surface area contributed by atoms with Gasteiger partial charge >= 0.3 is 0 Å². The van der Waals surface area contributed by atoms with Crippen LogP contribution in [0.3, 0.4) is 0 Å². The number of carbonyl (C=O) groups excluding carboxylic acids is 1. The standard InChI is InChI=1S/C23H27N3OS/c1-17-3-8-21-20(13-17)14-22(28-21)23(27)26-10-2-9-25(11-12-26)16-19-6-4-18(15-24)5-7-19/h4-7,14,17H,2-3,8-13,16H2,1H3/t17-/m1/s1. The Morgan fingerprint density at radius 2 is 2.04 bits per heavy atom. The van der Waals surface area contributed by atoms with Crippen LogP contribution in [0.4, 0.5) is 0 Å². The molecule has 1 aliphatic heterocycles. The Morgan fingerprint density at radius 3 is 2.82 bits per heavy atom. The zero-order chi connectivity index (χ0) is 19.5. The van der Waals surface area contributed by atoms with Gasteiger partial charge in [0, 0.05) is 37.6 Å². The number of aryl methyl sites for hydroxylation is 1. The molecule has 2 heterocycles. The Balaban J connectivity index is 1.37. The Kier molecular flexibility index (Phi) is 5.79. The van der Waals surface area contributed by atoms with Crippen molar-refractivity contribution in [2.75, 3.05) is 26.2 Å². The molecule has 1 amide bonds. The topological polar surface area (TPSA) is 47.3 Å². The monoisotopic (exact) mass is 393 g/mol. The minimum Gasteiger partial charge on any atom is -0.337 e. The average molecular weight is 394 g/mol. The van der Waals surface area contributed by atoms with E-state index in [0.29, 0.717) is 5.56 Å². The van der Waals surface area contributed by atoms with Crippen LogP contribution >= 0.6 is 11.3 Å². The van der Waals surface area contributed by atoms with Crippen LogP contribution in [0.2, 0.25) is 0 Å². The third kappa shape index (κ3) is 4.29. The maximum atomic E-state index is 13.1. The summed E-state index contributed by atoms with van der Waals surface area (Å²) in [6.45, 7) is 6.70. The first-order valence-electron chi connectivity index (χ1n) is 10.2. The zero-order valence-corrected chi connectivity index (χ0v) is 17.3. The predicted molar refractivity (Wildman–Crippen MR) is 112 cm³/mol. The van der Waals surface area contributed by atoms with Gasteiger partial charge in [-0.3, -0.25) is 9.69 Å². The van der Waals surface area contributed by atoms with Crippen molar-refractivity contribution in [2.45, 2.75) is 39.2 Å². The summed E-state index contributed by atoms with van der Waals surface area (Å²) < 4.78 is 0. The number of thiophene rings is 1. The van der Waals surface area contributed by atoms with Gasteiger partial charge in [0.1, 0.15) is 0 Å². The SMILES string of the molecule is C[C@@H]1CCc2sc(C(=O)N3CCCN(Cc4ccc(C#N)cc4)CC3)cc2C1. The van der Waals surface area contributed by atoms with Crippen molar-refractivity contribution in [1.29, 1.82) is 5.26 Å². The van der Waals surface area contributed by atoms with Gasteiger partial charge in [-0.25, -0.2) is 0 Å². The van der Waals surface area contributed by atoms with Crippen molar-refractivity contribution in [2.24, 2.45) is 5.92 Å². The first-order chi connectivity index (χ1) is 13.6. The average Bonchev–Trinajstić information content (AvgIpc) is 2.99. The van der Waals surface area contributed by atoms with Crippen LogP contribution in [0, 0.1) is 17.2 Å². The normalized spacial score (nSPS) is 20.3. The van der Waals surface area contributed by atoms with Crippen LogP contribution < -0.4 is 0 Å². The van der Waals surface area contributed by atoms with Gasteiger partial charge in [-0.2, -0.15) is 5.26 Å². The second-order valence-electron chi connectivity index (χ2n) is 8.14. The molecule has 28 heavy (non-hydrogen) atoms. The molecule has 1 saturated heterocycles. The molecule has 1 aromatic carbocycles. The molecule has 1 fully saturated rings. The Morgan fingerprint density at radius 1 is 1.21 bits per heavy atom. The van der Waals surface area contributed by atoms with Gasteiger partial charge in [0.05, 0.1) is 16.5 Å². The molecule has 4 nitrogen and oxygen atoms in total. The van der Waals surface area contributed by atoms with Crippen molar-refractivity contribution in [1.82, 2.24) is 9.80 Å². The molecule has 1 atom stereocenters. The number of nitrogens with zero attached hydrogens (tertiary/aromatic N) is 3. The van der Waals surface area contributed by atoms with E-state index in [1.807, 2.05) is 29.2 Å². The lowest BCUT2D eigenvalue weighted by atomic mass is 9.90. The van der Waals surface area contributed by atoms with E-state index in [2.05, 4.69) is 24.0 Å². The zero-order valence-electron chi connectivity index (χ0n) is 16.5. The van der Waals surface area contributed by atoms with Gasteiger partial charge in [-0.05, 0) is 60.9 Å². The molecule has 0 N–H and O–H groups in total. The minimum atomic E-state index is 0.215. The number of benzene rings is 1. The summed E-state index contributed by atoms with van der Waals surface area (Å²) in [7, 11) is 0. The molecule has 5 heteroatoms. The second-order valence-corrected chi connectivity index (χ2v) is 9.27. The summed E-state index contributed by atoms with van der Waals surface area (Å²) in [5.41, 5.74) is 3.33. The fraction of sp³-hybridized carbons (Fsp3) is 0.478. The van der Waals surface area contributed by atoms with Gasteiger partial charge in [0.15, 0.2) is 0 Å². The number of nitriles is 1. The smallest absolute Gasteiger partial charge is 0.263 e. The summed E-state index contributed by atoms with van der Waals surface area (Å²) in [5.74, 6) is 0.950. The molecule has 0 bridgehead atoms. The summed E-state index contributed by atoms with van der Waals surface area (Å²) in [6, 6.07) is 12.1. The maximum absolute atomic E-state index is 13.1. The Hall–Kier alpha value is -2.16. The van der Waals surface area contributed by atoms with E-state index in [0.717, 1.165) is 62.8 Å². The Labute approximate surface area is 171 Å². The van der Waals surface area contributed by atoms with Crippen LogP contribution in [-0.4, -0.2) is 41.9 Å². The molecule has 0 saturated carbocycles. The van der Waals surface area contributed by atoms with E-state index >= 15 is 0 Å². The molecule has 146 valence electrons. The van der Waals surface area contributed by atoms with Gasteiger partial charge in [0.25, 0.3) is 5.91 Å². The van der Waals surface area contributed by atoms with Crippen LogP contribution in [-0.2, 0) is 19.4 Å². The van der Waals surface area contributed by atoms with Crippen LogP contribution in [0.5, 0.6) is 0 Å². The molecule has 1 aliphatic carbocycles. The molecular formula is C23H27N3OS. The van der Waals surface area contributed by atoms with E-state index in [-0.39, 0.29) is 5.91 Å². The van der Waals surface area contributed by atoms with E-state index in [1.54, 1.807) is 11.3 Å². The highest BCUT2D eigenvalue weighted by Gasteiger charge is 2.25. The van der Waals surface area contributed by atoms with E-state index < -0.39 is 0 Å². The maximum Gasteiger partial charge on any atom is 0.263 e. The fourth-order valence-corrected chi connectivity index (χ4v) is 5.42. The van der Waals surface area contributed by atoms with Crippen molar-refractivity contribution in [3.8, 4) is 6.07 Å². The first kappa shape index (κ1) is 19.2. The number of rotatable bonds is 3. The Bertz CT molecular complexity index is 880. The summed E-state index contributed by atoms with van der Waals surface area (Å²) in [4.78, 5) is 19.9. The first-order valence-corrected chi connectivity index (χ1v) is 11.1. The molecule has 4 rings (SSSR count). The second kappa shape index (κ2) is 8.46. The third-order valence-corrected chi connectivity index (χ3v) is 7.13. The van der Waals surface area contributed by atoms with E-state index in [4.69, 9.17) is 5.26 Å². The lowest BCUT2D eigenvalue weighted by Crippen LogP contribution is -2.34. The molecule has 0 spiro atoms. The van der Waals surface area contributed by atoms with Crippen molar-refractivity contribution in [3.05, 3.63) is 56.8 Å². The highest BCUT2D eigenvalue weighted by atomic mass is 32.1. The fourth-order valence-electron chi connectivity index (χ4n) is 4.24. The third-order valence-electron chi connectivity index (χ3n) is 5.90. The van der Waals surface area contributed by atoms with Gasteiger partial charge in [0.2, 0.25) is 0 Å². The molecule has 0 radical (unpaired) electrons. The highest BCUT2D eigenvalue weighted by molar-refractivity contribution is 7.14. The lowest BCUT2D eigenvalue weighted by molar-refractivity contribution is 0.0766. The van der Waals surface area contributed by atoms with Gasteiger partial charge in [-0.1, -0.05) is 19.1 Å². The van der Waals surface area contributed by atoms with E-state index in [1.165, 1.54) is 22.4 Å². The number of hydrogen-bond donors (Lipinski definition) is 0. The van der Waals surface area contributed by atoms with Crippen LogP contribution in [0.15, 0.2) is 30.3 Å². The van der Waals surface area contributed by atoms with Crippen molar-refractivity contribution >= 4 is 17.2 Å². The molecule has 2 aromatic rings. The van der Waals surface area contributed by atoms with Gasteiger partial charge in [-0.15, -0.1) is 11.3 Å². The largest absolute Gasteiger partial charge is 0.337 e. The van der Waals surface area contributed by atoms with Gasteiger partial charge < -0.3 is 4.90 Å². The summed E-state index contributed by atoms with van der Waals surface area (Å²) in [6.07, 6.45) is 4.50. The minimum absolute atomic E-state index is 0.215. The number of fused-ring (bicyclic) bond motifs is 1. The molecule has 2 aliphatic rings. The summed E-state index contributed by atoms with van der Waals surface area (Å²) in [5, 5.41) is 8.93. The van der Waals surface area contributed by atoms with Crippen LogP contribution in [0.25, 0.3) is 0 Å². The number of hydrogen-bond acceptors (Lipinski definition) is 4. The predicted octanol–water partition coefficient (Wildman–Crippen LogP) is 4.09. The number of amides is 1. The molecule has 0 unspecified atom stereocenters. The quantitative estimate of drug-likeness (QED) is 0.789.